The summed E-state index contributed by atoms with van der Waals surface area (Å²) in [7, 11) is 0. The highest BCUT2D eigenvalue weighted by atomic mass is 16.5. The Bertz CT molecular complexity index is 510. The molecule has 1 aliphatic carbocycles. The van der Waals surface area contributed by atoms with E-state index < -0.39 is 11.4 Å². The van der Waals surface area contributed by atoms with Gasteiger partial charge < -0.3 is 4.74 Å². The van der Waals surface area contributed by atoms with E-state index in [-0.39, 0.29) is 18.3 Å². The van der Waals surface area contributed by atoms with Crippen LogP contribution >= 0.6 is 0 Å². The summed E-state index contributed by atoms with van der Waals surface area (Å²) in [6.07, 6.45) is 4.98. The quantitative estimate of drug-likeness (QED) is 0.589. The highest BCUT2D eigenvalue weighted by Crippen LogP contribution is 2.37. The van der Waals surface area contributed by atoms with E-state index in [4.69, 9.17) is 4.74 Å². The highest BCUT2D eigenvalue weighted by molar-refractivity contribution is 5.91. The maximum absolute atomic E-state index is 12.0. The first kappa shape index (κ1) is 14.5. The first-order chi connectivity index (χ1) is 9.49. The minimum absolute atomic E-state index is 0.190. The summed E-state index contributed by atoms with van der Waals surface area (Å²) in [5, 5.41) is 0. The molecule has 0 bridgehead atoms. The van der Waals surface area contributed by atoms with E-state index in [2.05, 4.69) is 0 Å². The summed E-state index contributed by atoms with van der Waals surface area (Å²) < 4.78 is 5.14. The summed E-state index contributed by atoms with van der Waals surface area (Å²) >= 11 is 0. The van der Waals surface area contributed by atoms with Gasteiger partial charge in [0.2, 0.25) is 0 Å². The summed E-state index contributed by atoms with van der Waals surface area (Å²) in [4.78, 5) is 23.7. The van der Waals surface area contributed by atoms with Gasteiger partial charge >= 0.3 is 5.97 Å². The Morgan fingerprint density at radius 2 is 1.90 bits per heavy atom. The molecule has 0 radical (unpaired) electrons. The Hall–Kier alpha value is -1.90. The smallest absolute Gasteiger partial charge is 0.330 e. The lowest BCUT2D eigenvalue weighted by molar-refractivity contribution is -0.139. The normalized spacial score (nSPS) is 15.3. The molecular weight excluding hydrogens is 252 g/mol. The molecule has 20 heavy (non-hydrogen) atoms. The molecule has 0 spiro atoms. The zero-order valence-corrected chi connectivity index (χ0v) is 12.0. The lowest BCUT2D eigenvalue weighted by Gasteiger charge is -2.17. The lowest BCUT2D eigenvalue weighted by atomic mass is 9.85. The number of ether oxygens (including phenoxy) is 1. The average molecular weight is 272 g/mol. The van der Waals surface area contributed by atoms with Crippen LogP contribution in [0.15, 0.2) is 42.5 Å². The number of ketones is 1. The van der Waals surface area contributed by atoms with E-state index in [1.165, 1.54) is 6.08 Å². The third-order valence-electron chi connectivity index (χ3n) is 3.44. The predicted molar refractivity (Wildman–Crippen MR) is 76.9 cm³/mol. The highest BCUT2D eigenvalue weighted by Gasteiger charge is 2.38. The van der Waals surface area contributed by atoms with Crippen molar-refractivity contribution in [2.24, 2.45) is 11.3 Å². The molecule has 106 valence electrons. The van der Waals surface area contributed by atoms with E-state index >= 15 is 0 Å². The van der Waals surface area contributed by atoms with Crippen molar-refractivity contribution in [2.45, 2.75) is 33.3 Å². The minimum Gasteiger partial charge on any atom is -0.458 e. The van der Waals surface area contributed by atoms with Crippen LogP contribution in [0.4, 0.5) is 0 Å². The number of hydrogen-bond acceptors (Lipinski definition) is 3. The van der Waals surface area contributed by atoms with E-state index in [1.54, 1.807) is 6.08 Å². The molecular formula is C17H20O3. The van der Waals surface area contributed by atoms with E-state index in [9.17, 15) is 9.59 Å². The number of carbonyl (C=O) groups is 2. The first-order valence-corrected chi connectivity index (χ1v) is 6.93. The number of Topliss-reactive ketones (excluding diaryl/α,β-unsaturated/α-hetero) is 1. The van der Waals surface area contributed by atoms with Crippen molar-refractivity contribution >= 4 is 11.8 Å². The molecule has 0 atom stereocenters. The fourth-order valence-corrected chi connectivity index (χ4v) is 2.01. The fourth-order valence-electron chi connectivity index (χ4n) is 2.01. The topological polar surface area (TPSA) is 43.4 Å². The summed E-state index contributed by atoms with van der Waals surface area (Å²) in [6, 6.07) is 9.51. The van der Waals surface area contributed by atoms with Crippen molar-refractivity contribution < 1.29 is 14.3 Å². The second kappa shape index (κ2) is 6.04. The van der Waals surface area contributed by atoms with Gasteiger partial charge in [0.15, 0.2) is 0 Å². The Morgan fingerprint density at radius 1 is 1.25 bits per heavy atom. The second-order valence-electron chi connectivity index (χ2n) is 5.79. The number of rotatable bonds is 6. The number of esters is 1. The van der Waals surface area contributed by atoms with Crippen LogP contribution in [-0.2, 0) is 20.9 Å². The van der Waals surface area contributed by atoms with Gasteiger partial charge in [-0.3, -0.25) is 4.79 Å². The monoisotopic (exact) mass is 272 g/mol. The SMILES string of the molecule is CC(C)(/C=C/C(=O)OCc1ccccc1)C(=O)C1CC1. The van der Waals surface area contributed by atoms with E-state index in [0.717, 1.165) is 18.4 Å². The van der Waals surface area contributed by atoms with Crippen LogP contribution in [0.1, 0.15) is 32.3 Å². The molecule has 0 unspecified atom stereocenters. The summed E-state index contributed by atoms with van der Waals surface area (Å²) in [5.41, 5.74) is 0.356. The number of hydrogen-bond donors (Lipinski definition) is 0. The summed E-state index contributed by atoms with van der Waals surface area (Å²) in [6.45, 7) is 3.93. The predicted octanol–water partition coefficient (Wildman–Crippen LogP) is 3.29. The zero-order valence-electron chi connectivity index (χ0n) is 12.0. The third-order valence-corrected chi connectivity index (χ3v) is 3.44. The Morgan fingerprint density at radius 3 is 2.50 bits per heavy atom. The van der Waals surface area contributed by atoms with Crippen molar-refractivity contribution in [2.75, 3.05) is 0 Å². The Kier molecular flexibility index (Phi) is 4.38. The van der Waals surface area contributed by atoms with Crippen LogP contribution in [0.5, 0.6) is 0 Å². The molecule has 0 aliphatic heterocycles. The molecule has 0 N–H and O–H groups in total. The van der Waals surface area contributed by atoms with Gasteiger partial charge in [0.05, 0.1) is 0 Å². The first-order valence-electron chi connectivity index (χ1n) is 6.93. The molecule has 1 fully saturated rings. The molecule has 2 rings (SSSR count). The third kappa shape index (κ3) is 4.05. The molecule has 3 nitrogen and oxygen atoms in total. The van der Waals surface area contributed by atoms with Gasteiger partial charge in [-0.2, -0.15) is 0 Å². The maximum atomic E-state index is 12.0. The van der Waals surface area contributed by atoms with Crippen LogP contribution in [0.25, 0.3) is 0 Å². The molecule has 0 aromatic heterocycles. The average Bonchev–Trinajstić information content (AvgIpc) is 3.28. The van der Waals surface area contributed by atoms with E-state index in [1.807, 2.05) is 44.2 Å². The molecule has 0 saturated heterocycles. The molecule has 0 heterocycles. The maximum Gasteiger partial charge on any atom is 0.330 e. The van der Waals surface area contributed by atoms with Crippen molar-refractivity contribution in [3.05, 3.63) is 48.0 Å². The second-order valence-corrected chi connectivity index (χ2v) is 5.79. The minimum atomic E-state index is -0.590. The van der Waals surface area contributed by atoms with Crippen LogP contribution in [0.3, 0.4) is 0 Å². The Labute approximate surface area is 119 Å². The van der Waals surface area contributed by atoms with Crippen molar-refractivity contribution in [1.82, 2.24) is 0 Å². The summed E-state index contributed by atoms with van der Waals surface area (Å²) in [5.74, 6) is -0.00914. The standard InChI is InChI=1S/C17H20O3/c1-17(2,16(19)14-8-9-14)11-10-15(18)20-12-13-6-4-3-5-7-13/h3-7,10-11,14H,8-9,12H2,1-2H3/b11-10+. The number of benzene rings is 1. The van der Waals surface area contributed by atoms with Gasteiger partial charge in [0.25, 0.3) is 0 Å². The van der Waals surface area contributed by atoms with Crippen molar-refractivity contribution in [1.29, 1.82) is 0 Å². The fraction of sp³-hybridized carbons (Fsp3) is 0.412. The van der Waals surface area contributed by atoms with Gasteiger partial charge in [-0.15, -0.1) is 0 Å². The molecule has 1 aliphatic rings. The van der Waals surface area contributed by atoms with Crippen LogP contribution < -0.4 is 0 Å². The number of carbonyl (C=O) groups excluding carboxylic acids is 2. The van der Waals surface area contributed by atoms with Crippen molar-refractivity contribution in [3.63, 3.8) is 0 Å². The van der Waals surface area contributed by atoms with Gasteiger partial charge in [-0.1, -0.05) is 36.4 Å². The molecule has 1 aromatic rings. The van der Waals surface area contributed by atoms with Crippen LogP contribution in [0.2, 0.25) is 0 Å². The van der Waals surface area contributed by atoms with Crippen LogP contribution in [-0.4, -0.2) is 11.8 Å². The Balaban J connectivity index is 1.84. The number of allylic oxidation sites excluding steroid dienone is 1. The van der Waals surface area contributed by atoms with Gasteiger partial charge in [0, 0.05) is 17.4 Å². The van der Waals surface area contributed by atoms with Gasteiger partial charge in [-0.05, 0) is 32.3 Å². The van der Waals surface area contributed by atoms with Crippen molar-refractivity contribution in [3.8, 4) is 0 Å². The van der Waals surface area contributed by atoms with Gasteiger partial charge in [0.1, 0.15) is 12.4 Å². The van der Waals surface area contributed by atoms with Crippen LogP contribution in [0, 0.1) is 11.3 Å². The van der Waals surface area contributed by atoms with Gasteiger partial charge in [-0.25, -0.2) is 4.79 Å². The largest absolute Gasteiger partial charge is 0.458 e. The van der Waals surface area contributed by atoms with E-state index in [0.29, 0.717) is 0 Å². The molecule has 3 heteroatoms. The molecule has 0 amide bonds. The molecule has 1 saturated carbocycles. The zero-order chi connectivity index (χ0) is 14.6. The lowest BCUT2D eigenvalue weighted by Crippen LogP contribution is -2.23. The molecule has 1 aromatic carbocycles.